The lowest BCUT2D eigenvalue weighted by atomic mass is 10.4. The molecule has 0 aliphatic heterocycles. The highest BCUT2D eigenvalue weighted by atomic mass is 28.3. The van der Waals surface area contributed by atoms with Gasteiger partial charge in [0, 0.05) is 6.08 Å². The molecule has 0 N–H and O–H groups in total. The molecule has 0 saturated carbocycles. The Morgan fingerprint density at radius 3 is 2.54 bits per heavy atom. The first-order chi connectivity index (χ1) is 6.22. The summed E-state index contributed by atoms with van der Waals surface area (Å²) in [4.78, 5) is 10.3. The molecule has 0 radical (unpaired) electrons. The number of ether oxygens (including phenoxy) is 1. The molecular formula is C8H20O3Si2. The van der Waals surface area contributed by atoms with Gasteiger partial charge >= 0.3 is 5.97 Å². The Kier molecular flexibility index (Phi) is 16.4. The lowest BCUT2D eigenvalue weighted by molar-refractivity contribution is -0.137. The van der Waals surface area contributed by atoms with Gasteiger partial charge in [0.2, 0.25) is 0 Å². The van der Waals surface area contributed by atoms with Gasteiger partial charge in [0.15, 0.2) is 0 Å². The molecule has 3 nitrogen and oxygen atoms in total. The Bertz CT molecular complexity index is 127. The van der Waals surface area contributed by atoms with E-state index in [2.05, 4.69) is 17.9 Å². The number of hydrogen-bond acceptors (Lipinski definition) is 3. The minimum absolute atomic E-state index is 0.0139. The third kappa shape index (κ3) is 18.5. The molecule has 0 bridgehead atoms. The van der Waals surface area contributed by atoms with Crippen molar-refractivity contribution in [3.8, 4) is 0 Å². The summed E-state index contributed by atoms with van der Waals surface area (Å²) in [6.07, 6.45) is 3.15. The van der Waals surface area contributed by atoms with E-state index in [1.807, 2.05) is 6.92 Å². The first-order valence-corrected chi connectivity index (χ1v) is 7.31. The molecule has 78 valence electrons. The van der Waals surface area contributed by atoms with E-state index in [0.29, 0.717) is 6.61 Å². The highest BCUT2D eigenvalue weighted by Gasteiger charge is 1.91. The van der Waals surface area contributed by atoms with Gasteiger partial charge in [0.1, 0.15) is 20.2 Å². The number of carbonyl (C=O) groups excluding carboxylic acids is 1. The summed E-state index contributed by atoms with van der Waals surface area (Å²) in [5.74, 6) is -0.330. The Labute approximate surface area is 86.0 Å². The van der Waals surface area contributed by atoms with E-state index in [1.165, 1.54) is 6.08 Å². The highest BCUT2D eigenvalue weighted by Crippen LogP contribution is 1.88. The number of carbonyl (C=O) groups is 1. The smallest absolute Gasteiger partial charge is 0.330 e. The van der Waals surface area contributed by atoms with E-state index >= 15 is 0 Å². The maximum atomic E-state index is 10.3. The van der Waals surface area contributed by atoms with Gasteiger partial charge < -0.3 is 8.85 Å². The fraction of sp³-hybridized carbons (Fsp3) is 0.625. The molecule has 13 heavy (non-hydrogen) atoms. The van der Waals surface area contributed by atoms with Gasteiger partial charge in [-0.3, -0.25) is 0 Å². The molecule has 0 heterocycles. The van der Waals surface area contributed by atoms with E-state index in [4.69, 9.17) is 4.12 Å². The van der Waals surface area contributed by atoms with E-state index in [1.54, 1.807) is 0 Å². The zero-order chi connectivity index (χ0) is 10.5. The van der Waals surface area contributed by atoms with E-state index in [9.17, 15) is 4.79 Å². The lowest BCUT2D eigenvalue weighted by Gasteiger charge is -1.97. The van der Waals surface area contributed by atoms with Gasteiger partial charge in [-0.25, -0.2) is 4.79 Å². The Morgan fingerprint density at radius 2 is 2.23 bits per heavy atom. The predicted octanol–water partition coefficient (Wildman–Crippen LogP) is -0.0690. The summed E-state index contributed by atoms with van der Waals surface area (Å²) in [7, 11) is 0.938. The van der Waals surface area contributed by atoms with Crippen molar-refractivity contribution in [2.45, 2.75) is 26.3 Å². The summed E-state index contributed by atoms with van der Waals surface area (Å²) in [5, 5.41) is 0. The van der Waals surface area contributed by atoms with Gasteiger partial charge in [0.05, 0.1) is 6.61 Å². The van der Waals surface area contributed by atoms with Crippen LogP contribution < -0.4 is 0 Å². The van der Waals surface area contributed by atoms with E-state index < -0.39 is 0 Å². The Morgan fingerprint density at radius 1 is 1.69 bits per heavy atom. The van der Waals surface area contributed by atoms with Crippen LogP contribution in [0.1, 0.15) is 19.8 Å². The summed E-state index contributed by atoms with van der Waals surface area (Å²) < 4.78 is 9.49. The molecule has 0 spiro atoms. The average Bonchev–Trinajstić information content (AvgIpc) is 2.18. The minimum atomic E-state index is -0.330. The molecular weight excluding hydrogens is 200 g/mol. The van der Waals surface area contributed by atoms with Gasteiger partial charge in [-0.1, -0.05) is 26.5 Å². The molecule has 0 atom stereocenters. The van der Waals surface area contributed by atoms with Crippen LogP contribution >= 0.6 is 0 Å². The molecule has 0 aliphatic carbocycles. The van der Waals surface area contributed by atoms with Crippen LogP contribution in [0.15, 0.2) is 12.7 Å². The maximum absolute atomic E-state index is 10.3. The number of rotatable bonds is 5. The topological polar surface area (TPSA) is 35.5 Å². The molecule has 0 rings (SSSR count). The molecule has 0 saturated heterocycles. The predicted molar refractivity (Wildman–Crippen MR) is 61.5 cm³/mol. The van der Waals surface area contributed by atoms with Crippen LogP contribution in [0.2, 0.25) is 6.55 Å². The van der Waals surface area contributed by atoms with Gasteiger partial charge in [0.25, 0.3) is 0 Å². The zero-order valence-electron chi connectivity index (χ0n) is 8.84. The molecule has 0 aromatic heterocycles. The number of esters is 1. The maximum Gasteiger partial charge on any atom is 0.330 e. The number of unbranched alkanes of at least 4 members (excludes halogenated alkanes) is 1. The third-order valence-corrected chi connectivity index (χ3v) is 3.51. The second kappa shape index (κ2) is 14.1. The summed E-state index contributed by atoms with van der Waals surface area (Å²) in [6.45, 7) is 7.96. The first-order valence-electron chi connectivity index (χ1n) is 4.50. The number of hydrogen-bond donors (Lipinski definition) is 0. The van der Waals surface area contributed by atoms with E-state index in [0.717, 1.165) is 23.3 Å². The summed E-state index contributed by atoms with van der Waals surface area (Å²) in [5.41, 5.74) is 0. The van der Waals surface area contributed by atoms with Crippen molar-refractivity contribution in [2.75, 3.05) is 6.61 Å². The molecule has 0 amide bonds. The van der Waals surface area contributed by atoms with Crippen molar-refractivity contribution in [1.29, 1.82) is 0 Å². The van der Waals surface area contributed by atoms with Gasteiger partial charge in [-0.2, -0.15) is 0 Å². The summed E-state index contributed by atoms with van der Waals surface area (Å²) in [6, 6.07) is 0. The summed E-state index contributed by atoms with van der Waals surface area (Å²) >= 11 is 0. The SMILES string of the molecule is C=CC(=O)OCCCC.C[SiH2]O[SiH3]. The van der Waals surface area contributed by atoms with Crippen LogP contribution in [0.3, 0.4) is 0 Å². The average molecular weight is 220 g/mol. The second-order valence-electron chi connectivity index (χ2n) is 2.30. The highest BCUT2D eigenvalue weighted by molar-refractivity contribution is 6.32. The minimum Gasteiger partial charge on any atom is -0.468 e. The van der Waals surface area contributed by atoms with Crippen LogP contribution in [0.5, 0.6) is 0 Å². The van der Waals surface area contributed by atoms with Crippen molar-refractivity contribution in [3.63, 3.8) is 0 Å². The third-order valence-electron chi connectivity index (χ3n) is 1.20. The van der Waals surface area contributed by atoms with Crippen molar-refractivity contribution < 1.29 is 13.6 Å². The first kappa shape index (κ1) is 15.1. The van der Waals surface area contributed by atoms with Crippen LogP contribution in [0, 0.1) is 0 Å². The molecule has 0 aromatic rings. The van der Waals surface area contributed by atoms with Crippen LogP contribution in [-0.2, 0) is 13.6 Å². The Hall–Kier alpha value is -0.396. The zero-order valence-corrected chi connectivity index (χ0v) is 12.3. The quantitative estimate of drug-likeness (QED) is 0.282. The van der Waals surface area contributed by atoms with E-state index in [-0.39, 0.29) is 15.7 Å². The van der Waals surface area contributed by atoms with Crippen molar-refractivity contribution in [1.82, 2.24) is 0 Å². The Balaban J connectivity index is 0. The van der Waals surface area contributed by atoms with Crippen LogP contribution in [-0.4, -0.2) is 32.8 Å². The fourth-order valence-electron chi connectivity index (χ4n) is 0.376. The van der Waals surface area contributed by atoms with Crippen LogP contribution in [0.25, 0.3) is 0 Å². The lowest BCUT2D eigenvalue weighted by Crippen LogP contribution is -2.00. The largest absolute Gasteiger partial charge is 0.468 e. The van der Waals surface area contributed by atoms with Gasteiger partial charge in [-0.05, 0) is 6.42 Å². The molecule has 0 fully saturated rings. The van der Waals surface area contributed by atoms with Crippen molar-refractivity contribution in [3.05, 3.63) is 12.7 Å². The van der Waals surface area contributed by atoms with Crippen molar-refractivity contribution in [2.24, 2.45) is 0 Å². The van der Waals surface area contributed by atoms with Crippen molar-refractivity contribution >= 4 is 26.2 Å². The second-order valence-corrected chi connectivity index (χ2v) is 5.19. The molecule has 0 aliphatic rings. The van der Waals surface area contributed by atoms with Gasteiger partial charge in [-0.15, -0.1) is 0 Å². The molecule has 0 unspecified atom stereocenters. The monoisotopic (exact) mass is 220 g/mol. The normalized spacial score (nSPS) is 9.38. The molecule has 5 heteroatoms. The fourth-order valence-corrected chi connectivity index (χ4v) is 0.376. The molecule has 0 aromatic carbocycles. The standard InChI is InChI=1S/C7H12O2.CH8OSi2/c1-3-5-6-9-7(8)4-2;1-4-2-3/h4H,2-3,5-6H2,1H3;4H2,1,3H3. The van der Waals surface area contributed by atoms with Crippen LogP contribution in [0.4, 0.5) is 0 Å².